The van der Waals surface area contributed by atoms with Gasteiger partial charge in [0.2, 0.25) is 5.91 Å². The summed E-state index contributed by atoms with van der Waals surface area (Å²) in [4.78, 5) is 24.4. The van der Waals surface area contributed by atoms with E-state index in [0.717, 1.165) is 17.8 Å². The summed E-state index contributed by atoms with van der Waals surface area (Å²) in [5.74, 6) is 0.412. The lowest BCUT2D eigenvalue weighted by Crippen LogP contribution is -2.36. The number of hydrogen-bond acceptors (Lipinski definition) is 5. The van der Waals surface area contributed by atoms with Crippen LogP contribution in [0.5, 0.6) is 0 Å². The summed E-state index contributed by atoms with van der Waals surface area (Å²) < 4.78 is 1.60. The van der Waals surface area contributed by atoms with Gasteiger partial charge < -0.3 is 4.90 Å². The zero-order valence-corrected chi connectivity index (χ0v) is 14.0. The van der Waals surface area contributed by atoms with E-state index in [1.807, 2.05) is 14.0 Å². The molecule has 2 aromatic heterocycles. The Morgan fingerprint density at radius 2 is 2.41 bits per heavy atom. The van der Waals surface area contributed by atoms with Crippen LogP contribution in [-0.4, -0.2) is 44.1 Å². The summed E-state index contributed by atoms with van der Waals surface area (Å²) in [6.07, 6.45) is 6.45. The van der Waals surface area contributed by atoms with Crippen molar-refractivity contribution in [2.45, 2.75) is 45.1 Å². The number of likely N-dealkylation sites (N-methyl/N-ethyl adjacent to an activating group) is 1. The number of thiazole rings is 1. The first kappa shape index (κ1) is 15.1. The third-order valence-electron chi connectivity index (χ3n) is 4.24. The fourth-order valence-electron chi connectivity index (χ4n) is 3.08. The van der Waals surface area contributed by atoms with Gasteiger partial charge in [0.25, 0.3) is 0 Å². The van der Waals surface area contributed by atoms with Crippen LogP contribution in [0.1, 0.15) is 47.3 Å². The van der Waals surface area contributed by atoms with Crippen molar-refractivity contribution in [1.29, 1.82) is 0 Å². The summed E-state index contributed by atoms with van der Waals surface area (Å²) >= 11 is 1.80. The fourth-order valence-corrected chi connectivity index (χ4v) is 4.14. The molecule has 2 unspecified atom stereocenters. The van der Waals surface area contributed by atoms with E-state index in [2.05, 4.69) is 17.0 Å². The Kier molecular flexibility index (Phi) is 4.24. The number of aromatic nitrogens is 4. The largest absolute Gasteiger partial charge is 0.343 e. The number of fused-ring (bicyclic) bond motifs is 1. The first-order valence-corrected chi connectivity index (χ1v) is 8.43. The molecule has 118 valence electrons. The molecule has 2 aromatic rings. The molecule has 3 rings (SSSR count). The van der Waals surface area contributed by atoms with Gasteiger partial charge in [0.15, 0.2) is 0 Å². The van der Waals surface area contributed by atoms with E-state index < -0.39 is 0 Å². The molecule has 0 aromatic carbocycles. The van der Waals surface area contributed by atoms with Crippen molar-refractivity contribution in [3.05, 3.63) is 28.2 Å². The number of amides is 1. The Morgan fingerprint density at radius 1 is 1.59 bits per heavy atom. The van der Waals surface area contributed by atoms with E-state index in [0.29, 0.717) is 12.5 Å². The molecule has 6 nitrogen and oxygen atoms in total. The maximum atomic E-state index is 12.6. The van der Waals surface area contributed by atoms with Crippen LogP contribution in [0, 0.1) is 6.92 Å². The molecule has 0 N–H and O–H groups in total. The van der Waals surface area contributed by atoms with E-state index in [1.54, 1.807) is 27.2 Å². The molecular formula is C15H21N5OS. The monoisotopic (exact) mass is 319 g/mol. The van der Waals surface area contributed by atoms with Gasteiger partial charge in [-0.25, -0.2) is 14.6 Å². The molecule has 0 bridgehead atoms. The Hall–Kier alpha value is -1.76. The number of aryl methyl sites for hydroxylation is 2. The van der Waals surface area contributed by atoms with Crippen LogP contribution in [-0.2, 0) is 11.2 Å². The van der Waals surface area contributed by atoms with Crippen LogP contribution in [0.4, 0.5) is 0 Å². The van der Waals surface area contributed by atoms with Crippen LogP contribution < -0.4 is 0 Å². The highest BCUT2D eigenvalue weighted by Gasteiger charge is 2.28. The van der Waals surface area contributed by atoms with Crippen molar-refractivity contribution in [2.24, 2.45) is 0 Å². The second-order valence-corrected chi connectivity index (χ2v) is 7.19. The number of carbonyl (C=O) groups excluding carboxylic acids is 1. The van der Waals surface area contributed by atoms with E-state index in [1.165, 1.54) is 23.3 Å². The average Bonchev–Trinajstić information content (AvgIpc) is 3.14. The smallest absolute Gasteiger partial charge is 0.246 e. The second kappa shape index (κ2) is 6.16. The maximum Gasteiger partial charge on any atom is 0.246 e. The predicted octanol–water partition coefficient (Wildman–Crippen LogP) is 2.18. The van der Waals surface area contributed by atoms with Gasteiger partial charge >= 0.3 is 0 Å². The summed E-state index contributed by atoms with van der Waals surface area (Å²) in [6, 6.07) is -0.326. The predicted molar refractivity (Wildman–Crippen MR) is 84.9 cm³/mol. The van der Waals surface area contributed by atoms with Crippen molar-refractivity contribution in [3.63, 3.8) is 0 Å². The minimum absolute atomic E-state index is 0.0598. The quantitative estimate of drug-likeness (QED) is 0.866. The highest BCUT2D eigenvalue weighted by atomic mass is 32.1. The van der Waals surface area contributed by atoms with Gasteiger partial charge in [0, 0.05) is 24.4 Å². The van der Waals surface area contributed by atoms with Crippen molar-refractivity contribution in [3.8, 4) is 0 Å². The lowest BCUT2D eigenvalue weighted by molar-refractivity contribution is -0.133. The summed E-state index contributed by atoms with van der Waals surface area (Å²) in [5, 5.41) is 5.18. The third-order valence-corrected chi connectivity index (χ3v) is 5.29. The molecule has 0 saturated carbocycles. The maximum absolute atomic E-state index is 12.6. The number of nitrogens with zero attached hydrogens (tertiary/aromatic N) is 5. The first-order valence-electron chi connectivity index (χ1n) is 7.61. The molecule has 0 saturated heterocycles. The van der Waals surface area contributed by atoms with Crippen molar-refractivity contribution >= 4 is 17.2 Å². The molecule has 2 atom stereocenters. The van der Waals surface area contributed by atoms with Gasteiger partial charge in [-0.15, -0.1) is 11.3 Å². The zero-order valence-electron chi connectivity index (χ0n) is 13.2. The molecular weight excluding hydrogens is 298 g/mol. The minimum Gasteiger partial charge on any atom is -0.343 e. The van der Waals surface area contributed by atoms with E-state index in [-0.39, 0.29) is 11.9 Å². The van der Waals surface area contributed by atoms with Gasteiger partial charge in [-0.1, -0.05) is 0 Å². The minimum atomic E-state index is -0.326. The summed E-state index contributed by atoms with van der Waals surface area (Å²) in [5.41, 5.74) is 1.21. The third kappa shape index (κ3) is 2.90. The Labute approximate surface area is 134 Å². The number of hydrogen-bond donors (Lipinski definition) is 0. The standard InChI is InChI=1S/C15H21N5OS/c1-10(20-9-16-8-17-20)15(21)19(3)7-12-5-4-6-13-14(12)18-11(2)22-13/h8-10,12H,4-7H2,1-3H3. The van der Waals surface area contributed by atoms with Crippen LogP contribution in [0.25, 0.3) is 0 Å². The second-order valence-electron chi connectivity index (χ2n) is 5.90. The molecule has 7 heteroatoms. The van der Waals surface area contributed by atoms with Gasteiger partial charge in [0.05, 0.1) is 10.7 Å². The Morgan fingerprint density at radius 3 is 3.14 bits per heavy atom. The molecule has 0 aliphatic heterocycles. The van der Waals surface area contributed by atoms with Gasteiger partial charge in [-0.3, -0.25) is 4.79 Å². The summed E-state index contributed by atoms with van der Waals surface area (Å²) in [7, 11) is 1.86. The molecule has 1 aliphatic rings. The van der Waals surface area contributed by atoms with Gasteiger partial charge in [-0.2, -0.15) is 5.10 Å². The molecule has 0 fully saturated rings. The van der Waals surface area contributed by atoms with E-state index in [4.69, 9.17) is 4.98 Å². The molecule has 0 radical (unpaired) electrons. The molecule has 22 heavy (non-hydrogen) atoms. The molecule has 0 spiro atoms. The Balaban J connectivity index is 1.69. The fraction of sp³-hybridized carbons (Fsp3) is 0.600. The SMILES string of the molecule is Cc1nc2c(s1)CCCC2CN(C)C(=O)C(C)n1cncn1. The topological polar surface area (TPSA) is 63.9 Å². The lowest BCUT2D eigenvalue weighted by atomic mass is 9.90. The van der Waals surface area contributed by atoms with E-state index >= 15 is 0 Å². The Bertz CT molecular complexity index is 651. The van der Waals surface area contributed by atoms with Crippen LogP contribution >= 0.6 is 11.3 Å². The highest BCUT2D eigenvalue weighted by molar-refractivity contribution is 7.11. The van der Waals surface area contributed by atoms with Crippen LogP contribution in [0.3, 0.4) is 0 Å². The van der Waals surface area contributed by atoms with Crippen LogP contribution in [0.15, 0.2) is 12.7 Å². The first-order chi connectivity index (χ1) is 10.6. The number of carbonyl (C=O) groups is 1. The molecule has 1 amide bonds. The molecule has 1 aliphatic carbocycles. The van der Waals surface area contributed by atoms with Crippen LogP contribution in [0.2, 0.25) is 0 Å². The summed E-state index contributed by atoms with van der Waals surface area (Å²) in [6.45, 7) is 4.63. The van der Waals surface area contributed by atoms with Gasteiger partial charge in [-0.05, 0) is 33.1 Å². The van der Waals surface area contributed by atoms with Gasteiger partial charge in [0.1, 0.15) is 18.7 Å². The van der Waals surface area contributed by atoms with Crippen molar-refractivity contribution < 1.29 is 4.79 Å². The average molecular weight is 319 g/mol. The normalized spacial score (nSPS) is 18.8. The zero-order chi connectivity index (χ0) is 15.7. The van der Waals surface area contributed by atoms with Crippen molar-refractivity contribution in [2.75, 3.05) is 13.6 Å². The van der Waals surface area contributed by atoms with E-state index in [9.17, 15) is 4.79 Å². The molecule has 2 heterocycles. The number of rotatable bonds is 4. The lowest BCUT2D eigenvalue weighted by Gasteiger charge is -2.28. The van der Waals surface area contributed by atoms with Crippen molar-refractivity contribution in [1.82, 2.24) is 24.6 Å². The highest BCUT2D eigenvalue weighted by Crippen LogP contribution is 2.35.